The third-order valence-electron chi connectivity index (χ3n) is 3.69. The van der Waals surface area contributed by atoms with Crippen LogP contribution >= 0.6 is 0 Å². The molecular weight excluding hydrogens is 202 g/mol. The first-order chi connectivity index (χ1) is 7.21. The van der Waals surface area contributed by atoms with E-state index in [4.69, 9.17) is 5.11 Å². The highest BCUT2D eigenvalue weighted by molar-refractivity contribution is 5.67. The summed E-state index contributed by atoms with van der Waals surface area (Å²) in [6, 6.07) is 0.167. The summed E-state index contributed by atoms with van der Waals surface area (Å²) >= 11 is 0. The fourth-order valence-corrected chi connectivity index (χ4v) is 2.37. The van der Waals surface area contributed by atoms with E-state index < -0.39 is 5.97 Å². The second-order valence-corrected chi connectivity index (χ2v) is 6.44. The average Bonchev–Trinajstić information content (AvgIpc) is 1.95. The van der Waals surface area contributed by atoms with Gasteiger partial charge in [0.25, 0.3) is 0 Å². The maximum Gasteiger partial charge on any atom is 0.304 e. The standard InChI is InChI=1S/C13H25NO2/c1-9(2)10-7-14(8-10)11(6-12(15)16)13(3,4)5/h9-11H,6-8H2,1-5H3,(H,15,16). The zero-order valence-electron chi connectivity index (χ0n) is 11.2. The highest BCUT2D eigenvalue weighted by atomic mass is 16.4. The maximum absolute atomic E-state index is 10.9. The van der Waals surface area contributed by atoms with Gasteiger partial charge in [-0.15, -0.1) is 0 Å². The second-order valence-electron chi connectivity index (χ2n) is 6.44. The van der Waals surface area contributed by atoms with Gasteiger partial charge < -0.3 is 5.11 Å². The number of nitrogens with zero attached hydrogens (tertiary/aromatic N) is 1. The van der Waals surface area contributed by atoms with Gasteiger partial charge in [0.05, 0.1) is 6.42 Å². The van der Waals surface area contributed by atoms with Crippen LogP contribution in [0.2, 0.25) is 0 Å². The van der Waals surface area contributed by atoms with Crippen molar-refractivity contribution in [1.29, 1.82) is 0 Å². The fraction of sp³-hybridized carbons (Fsp3) is 0.923. The third kappa shape index (κ3) is 3.21. The lowest BCUT2D eigenvalue weighted by Gasteiger charge is -2.50. The van der Waals surface area contributed by atoms with E-state index in [-0.39, 0.29) is 17.9 Å². The molecule has 1 fully saturated rings. The molecule has 3 nitrogen and oxygen atoms in total. The molecule has 3 heteroatoms. The van der Waals surface area contributed by atoms with E-state index in [9.17, 15) is 4.79 Å². The summed E-state index contributed by atoms with van der Waals surface area (Å²) in [5.74, 6) is 0.772. The number of aliphatic carboxylic acids is 1. The summed E-state index contributed by atoms with van der Waals surface area (Å²) in [7, 11) is 0. The second kappa shape index (κ2) is 4.74. The molecule has 1 N–H and O–H groups in total. The predicted molar refractivity (Wildman–Crippen MR) is 65.4 cm³/mol. The topological polar surface area (TPSA) is 40.5 Å². The van der Waals surface area contributed by atoms with E-state index in [0.717, 1.165) is 19.0 Å². The minimum Gasteiger partial charge on any atom is -0.481 e. The lowest BCUT2D eigenvalue weighted by atomic mass is 9.78. The van der Waals surface area contributed by atoms with Crippen LogP contribution in [0.3, 0.4) is 0 Å². The molecule has 0 saturated carbocycles. The molecule has 1 atom stereocenters. The Labute approximate surface area is 98.8 Å². The number of carbonyl (C=O) groups is 1. The van der Waals surface area contributed by atoms with Crippen LogP contribution in [0.15, 0.2) is 0 Å². The van der Waals surface area contributed by atoms with Crippen molar-refractivity contribution in [2.24, 2.45) is 17.3 Å². The molecule has 1 aliphatic heterocycles. The van der Waals surface area contributed by atoms with E-state index in [1.807, 2.05) is 0 Å². The molecule has 0 aromatic rings. The normalized spacial score (nSPS) is 20.9. The Bertz CT molecular complexity index is 249. The van der Waals surface area contributed by atoms with E-state index in [1.165, 1.54) is 0 Å². The molecular formula is C13H25NO2. The van der Waals surface area contributed by atoms with E-state index >= 15 is 0 Å². The van der Waals surface area contributed by atoms with Crippen molar-refractivity contribution < 1.29 is 9.90 Å². The lowest BCUT2D eigenvalue weighted by Crippen LogP contribution is -2.58. The van der Waals surface area contributed by atoms with E-state index in [2.05, 4.69) is 39.5 Å². The lowest BCUT2D eigenvalue weighted by molar-refractivity contribution is -0.141. The van der Waals surface area contributed by atoms with Crippen LogP contribution < -0.4 is 0 Å². The summed E-state index contributed by atoms with van der Waals surface area (Å²) in [6.45, 7) is 13.0. The summed E-state index contributed by atoms with van der Waals surface area (Å²) in [5, 5.41) is 8.96. The quantitative estimate of drug-likeness (QED) is 0.802. The molecule has 0 amide bonds. The molecule has 94 valence electrons. The Kier molecular flexibility index (Phi) is 4.00. The molecule has 16 heavy (non-hydrogen) atoms. The number of hydrogen-bond acceptors (Lipinski definition) is 2. The van der Waals surface area contributed by atoms with Crippen LogP contribution in [-0.2, 0) is 4.79 Å². The van der Waals surface area contributed by atoms with Gasteiger partial charge >= 0.3 is 5.97 Å². The van der Waals surface area contributed by atoms with Crippen LogP contribution in [0.5, 0.6) is 0 Å². The first-order valence-corrected chi connectivity index (χ1v) is 6.17. The van der Waals surface area contributed by atoms with Crippen molar-refractivity contribution in [3.05, 3.63) is 0 Å². The summed E-state index contributed by atoms with van der Waals surface area (Å²) in [6.07, 6.45) is 0.258. The third-order valence-corrected chi connectivity index (χ3v) is 3.69. The molecule has 0 spiro atoms. The van der Waals surface area contributed by atoms with Crippen LogP contribution in [-0.4, -0.2) is 35.1 Å². The van der Waals surface area contributed by atoms with Crippen LogP contribution in [0.4, 0.5) is 0 Å². The van der Waals surface area contributed by atoms with Gasteiger partial charge in [-0.05, 0) is 17.3 Å². The molecule has 1 heterocycles. The highest BCUT2D eigenvalue weighted by Crippen LogP contribution is 2.34. The molecule has 0 aromatic carbocycles. The van der Waals surface area contributed by atoms with Gasteiger partial charge in [0, 0.05) is 19.1 Å². The minimum absolute atomic E-state index is 0.0420. The fourth-order valence-electron chi connectivity index (χ4n) is 2.37. The van der Waals surface area contributed by atoms with Crippen molar-refractivity contribution in [2.75, 3.05) is 13.1 Å². The Morgan fingerprint density at radius 3 is 2.19 bits per heavy atom. The average molecular weight is 227 g/mol. The van der Waals surface area contributed by atoms with Crippen molar-refractivity contribution >= 4 is 5.97 Å². The Hall–Kier alpha value is -0.570. The van der Waals surface area contributed by atoms with Gasteiger partial charge in [0.1, 0.15) is 0 Å². The van der Waals surface area contributed by atoms with Crippen molar-refractivity contribution in [2.45, 2.75) is 47.1 Å². The zero-order chi connectivity index (χ0) is 12.5. The zero-order valence-corrected chi connectivity index (χ0v) is 11.2. The minimum atomic E-state index is -0.687. The van der Waals surface area contributed by atoms with Gasteiger partial charge in [-0.3, -0.25) is 9.69 Å². The Morgan fingerprint density at radius 2 is 1.88 bits per heavy atom. The van der Waals surface area contributed by atoms with Crippen LogP contribution in [0, 0.1) is 17.3 Å². The Morgan fingerprint density at radius 1 is 1.38 bits per heavy atom. The molecule has 0 aromatic heterocycles. The van der Waals surface area contributed by atoms with Gasteiger partial charge in [0.2, 0.25) is 0 Å². The first-order valence-electron chi connectivity index (χ1n) is 6.17. The number of rotatable bonds is 4. The highest BCUT2D eigenvalue weighted by Gasteiger charge is 2.39. The van der Waals surface area contributed by atoms with Crippen LogP contribution in [0.1, 0.15) is 41.0 Å². The molecule has 0 bridgehead atoms. The van der Waals surface area contributed by atoms with Crippen molar-refractivity contribution in [3.63, 3.8) is 0 Å². The van der Waals surface area contributed by atoms with Crippen LogP contribution in [0.25, 0.3) is 0 Å². The molecule has 1 rings (SSSR count). The van der Waals surface area contributed by atoms with Gasteiger partial charge in [-0.25, -0.2) is 0 Å². The molecule has 1 unspecified atom stereocenters. The molecule has 1 aliphatic rings. The largest absolute Gasteiger partial charge is 0.481 e. The van der Waals surface area contributed by atoms with Gasteiger partial charge in [-0.2, -0.15) is 0 Å². The molecule has 0 aliphatic carbocycles. The molecule has 1 saturated heterocycles. The van der Waals surface area contributed by atoms with Crippen molar-refractivity contribution in [1.82, 2.24) is 4.90 Å². The predicted octanol–water partition coefficient (Wildman–Crippen LogP) is 2.46. The number of carboxylic acids is 1. The van der Waals surface area contributed by atoms with E-state index in [0.29, 0.717) is 5.92 Å². The number of likely N-dealkylation sites (tertiary alicyclic amines) is 1. The summed E-state index contributed by atoms with van der Waals surface area (Å²) in [4.78, 5) is 13.2. The number of hydrogen-bond donors (Lipinski definition) is 1. The SMILES string of the molecule is CC(C)C1CN(C(CC(=O)O)C(C)(C)C)C1. The van der Waals surface area contributed by atoms with Crippen molar-refractivity contribution in [3.8, 4) is 0 Å². The first kappa shape index (κ1) is 13.5. The molecule has 0 radical (unpaired) electrons. The Balaban J connectivity index is 2.57. The van der Waals surface area contributed by atoms with Gasteiger partial charge in [0.15, 0.2) is 0 Å². The smallest absolute Gasteiger partial charge is 0.304 e. The summed E-state index contributed by atoms with van der Waals surface area (Å²) < 4.78 is 0. The summed E-state index contributed by atoms with van der Waals surface area (Å²) in [5.41, 5.74) is 0.0420. The maximum atomic E-state index is 10.9. The monoisotopic (exact) mass is 227 g/mol. The number of carboxylic acid groups (broad SMARTS) is 1. The van der Waals surface area contributed by atoms with Gasteiger partial charge in [-0.1, -0.05) is 34.6 Å². The van der Waals surface area contributed by atoms with E-state index in [1.54, 1.807) is 0 Å².